The second kappa shape index (κ2) is 63.1. The molecule has 0 aliphatic carbocycles. The van der Waals surface area contributed by atoms with Crippen LogP contribution in [0.3, 0.4) is 0 Å². The van der Waals surface area contributed by atoms with Crippen molar-refractivity contribution < 1.29 is 24.5 Å². The van der Waals surface area contributed by atoms with Crippen LogP contribution in [-0.4, -0.2) is 47.4 Å². The van der Waals surface area contributed by atoms with Crippen LogP contribution < -0.4 is 5.32 Å². The van der Waals surface area contributed by atoms with E-state index in [1.165, 1.54) is 302 Å². The largest absolute Gasteiger partial charge is 0.466 e. The Labute approximate surface area is 457 Å². The Bertz CT molecular complexity index is 1100. The molecule has 0 rings (SSSR count). The summed E-state index contributed by atoms with van der Waals surface area (Å²) in [4.78, 5) is 24.6. The first-order valence-electron chi connectivity index (χ1n) is 33.4. The van der Waals surface area contributed by atoms with Gasteiger partial charge in [-0.3, -0.25) is 9.59 Å². The number of hydrogen-bond acceptors (Lipinski definition) is 5. The Morgan fingerprint density at radius 1 is 0.370 bits per heavy atom. The number of unbranched alkanes of at least 4 members (excludes halogenated alkanes) is 50. The molecule has 0 aromatic heterocycles. The lowest BCUT2D eigenvalue weighted by molar-refractivity contribution is -0.143. The topological polar surface area (TPSA) is 95.9 Å². The summed E-state index contributed by atoms with van der Waals surface area (Å²) in [6.45, 7) is 4.97. The molecular weight excluding hydrogens is 899 g/mol. The minimum absolute atomic E-state index is 0.00710. The van der Waals surface area contributed by atoms with Crippen LogP contribution in [0.5, 0.6) is 0 Å². The van der Waals surface area contributed by atoms with Crippen LogP contribution in [0.25, 0.3) is 0 Å². The van der Waals surface area contributed by atoms with E-state index in [1.54, 1.807) is 0 Å². The molecule has 434 valence electrons. The van der Waals surface area contributed by atoms with Gasteiger partial charge in [0.2, 0.25) is 5.91 Å². The fraction of sp³-hybridized carbons (Fsp3) is 0.940. The summed E-state index contributed by atoms with van der Waals surface area (Å²) in [7, 11) is 0. The van der Waals surface area contributed by atoms with Gasteiger partial charge >= 0.3 is 5.97 Å². The van der Waals surface area contributed by atoms with Gasteiger partial charge in [0.25, 0.3) is 0 Å². The lowest BCUT2D eigenvalue weighted by Crippen LogP contribution is -2.45. The number of esters is 1. The van der Waals surface area contributed by atoms with Crippen molar-refractivity contribution in [1.29, 1.82) is 0 Å². The Kier molecular flexibility index (Phi) is 61.9. The Balaban J connectivity index is 3.37. The van der Waals surface area contributed by atoms with E-state index in [9.17, 15) is 19.8 Å². The number of aliphatic hydroxyl groups is 2. The third kappa shape index (κ3) is 59.7. The van der Waals surface area contributed by atoms with Crippen molar-refractivity contribution >= 4 is 11.9 Å². The first kappa shape index (κ1) is 71.6. The monoisotopic (exact) mass is 1030 g/mol. The number of hydrogen-bond donors (Lipinski definition) is 3. The summed E-state index contributed by atoms with van der Waals surface area (Å²) in [5.74, 6) is -0.0226. The normalized spacial score (nSPS) is 12.5. The van der Waals surface area contributed by atoms with E-state index in [4.69, 9.17) is 4.74 Å². The zero-order valence-corrected chi connectivity index (χ0v) is 49.6. The maximum atomic E-state index is 12.5. The Morgan fingerprint density at radius 3 is 0.986 bits per heavy atom. The molecule has 0 spiro atoms. The van der Waals surface area contributed by atoms with Gasteiger partial charge in [0.15, 0.2) is 0 Å². The smallest absolute Gasteiger partial charge is 0.305 e. The van der Waals surface area contributed by atoms with Crippen molar-refractivity contribution in [1.82, 2.24) is 5.32 Å². The standard InChI is InChI=1S/C67H131NO5/c1-3-5-7-9-11-13-15-17-18-19-26-29-32-36-39-43-47-51-55-59-65(70)64(63-69)68-66(71)60-56-52-48-44-40-37-33-30-27-24-22-20-21-23-25-28-31-34-38-42-46-50-54-58-62-73-67(72)61-57-53-49-45-41-35-16-14-12-10-8-6-4-2/h14,16,64-65,69-70H,3-13,15,17-63H2,1-2H3,(H,68,71)/b16-14-. The number of ether oxygens (including phenoxy) is 1. The van der Waals surface area contributed by atoms with Gasteiger partial charge in [-0.25, -0.2) is 0 Å². The van der Waals surface area contributed by atoms with E-state index < -0.39 is 12.1 Å². The van der Waals surface area contributed by atoms with Gasteiger partial charge in [-0.1, -0.05) is 328 Å². The molecule has 0 aliphatic heterocycles. The quantitative estimate of drug-likeness (QED) is 0.0320. The summed E-state index contributed by atoms with van der Waals surface area (Å²) in [5.41, 5.74) is 0. The molecule has 0 radical (unpaired) electrons. The Hall–Kier alpha value is -1.40. The molecule has 0 bridgehead atoms. The zero-order chi connectivity index (χ0) is 52.9. The second-order valence-electron chi connectivity index (χ2n) is 23.2. The molecule has 0 aromatic rings. The van der Waals surface area contributed by atoms with Crippen molar-refractivity contribution in [3.8, 4) is 0 Å². The average Bonchev–Trinajstić information content (AvgIpc) is 3.39. The molecule has 0 aromatic carbocycles. The molecule has 1 amide bonds. The van der Waals surface area contributed by atoms with Crippen molar-refractivity contribution in [2.45, 2.75) is 392 Å². The van der Waals surface area contributed by atoms with Crippen molar-refractivity contribution in [2.24, 2.45) is 0 Å². The number of carbonyl (C=O) groups excluding carboxylic acids is 2. The van der Waals surface area contributed by atoms with Crippen LogP contribution in [0.2, 0.25) is 0 Å². The van der Waals surface area contributed by atoms with Crippen LogP contribution in [0.1, 0.15) is 380 Å². The van der Waals surface area contributed by atoms with E-state index in [0.717, 1.165) is 44.9 Å². The second-order valence-corrected chi connectivity index (χ2v) is 23.2. The minimum atomic E-state index is -0.663. The van der Waals surface area contributed by atoms with Gasteiger partial charge in [-0.15, -0.1) is 0 Å². The van der Waals surface area contributed by atoms with Gasteiger partial charge in [-0.05, 0) is 51.4 Å². The van der Waals surface area contributed by atoms with Gasteiger partial charge in [0.05, 0.1) is 25.4 Å². The number of allylic oxidation sites excluding steroid dienone is 2. The first-order valence-corrected chi connectivity index (χ1v) is 33.4. The van der Waals surface area contributed by atoms with Crippen LogP contribution in [-0.2, 0) is 14.3 Å². The van der Waals surface area contributed by atoms with E-state index in [-0.39, 0.29) is 18.5 Å². The number of nitrogens with one attached hydrogen (secondary N) is 1. The van der Waals surface area contributed by atoms with E-state index in [0.29, 0.717) is 25.9 Å². The van der Waals surface area contributed by atoms with E-state index >= 15 is 0 Å². The van der Waals surface area contributed by atoms with Crippen LogP contribution in [0.15, 0.2) is 12.2 Å². The van der Waals surface area contributed by atoms with Crippen molar-refractivity contribution in [3.05, 3.63) is 12.2 Å². The molecule has 0 heterocycles. The molecule has 0 fully saturated rings. The van der Waals surface area contributed by atoms with Gasteiger partial charge in [0.1, 0.15) is 0 Å². The highest BCUT2D eigenvalue weighted by atomic mass is 16.5. The molecule has 3 N–H and O–H groups in total. The van der Waals surface area contributed by atoms with Crippen LogP contribution >= 0.6 is 0 Å². The maximum Gasteiger partial charge on any atom is 0.305 e. The zero-order valence-electron chi connectivity index (χ0n) is 49.6. The maximum absolute atomic E-state index is 12.5. The molecule has 2 unspecified atom stereocenters. The molecule has 2 atom stereocenters. The molecule has 0 saturated carbocycles. The predicted molar refractivity (Wildman–Crippen MR) is 320 cm³/mol. The fourth-order valence-electron chi connectivity index (χ4n) is 10.7. The number of carbonyl (C=O) groups is 2. The molecule has 6 heteroatoms. The Morgan fingerprint density at radius 2 is 0.644 bits per heavy atom. The molecule has 0 saturated heterocycles. The summed E-state index contributed by atoms with van der Waals surface area (Å²) >= 11 is 0. The number of rotatable bonds is 63. The highest BCUT2D eigenvalue weighted by Crippen LogP contribution is 2.19. The summed E-state index contributed by atoms with van der Waals surface area (Å²) < 4.78 is 5.48. The highest BCUT2D eigenvalue weighted by Gasteiger charge is 2.20. The predicted octanol–water partition coefficient (Wildman–Crippen LogP) is 21.2. The van der Waals surface area contributed by atoms with E-state index in [2.05, 4.69) is 31.3 Å². The summed E-state index contributed by atoms with van der Waals surface area (Å²) in [6.07, 6.45) is 76.7. The molecule has 73 heavy (non-hydrogen) atoms. The lowest BCUT2D eigenvalue weighted by atomic mass is 10.0. The third-order valence-corrected chi connectivity index (χ3v) is 15.8. The SMILES string of the molecule is CCCCCC/C=C\CCCCCCCC(=O)OCCCCCCCCCCCCCCCCCCCCCCCCCCC(=O)NC(CO)C(O)CCCCCCCCCCCCCCCCCCCCC. The first-order chi connectivity index (χ1) is 36.0. The van der Waals surface area contributed by atoms with E-state index in [1.807, 2.05) is 0 Å². The van der Waals surface area contributed by atoms with Gasteiger partial charge in [-0.2, -0.15) is 0 Å². The number of aliphatic hydroxyl groups excluding tert-OH is 2. The summed E-state index contributed by atoms with van der Waals surface area (Å²) in [5, 5.41) is 23.4. The van der Waals surface area contributed by atoms with Crippen LogP contribution in [0, 0.1) is 0 Å². The van der Waals surface area contributed by atoms with Crippen molar-refractivity contribution in [3.63, 3.8) is 0 Å². The van der Waals surface area contributed by atoms with Gasteiger partial charge in [0, 0.05) is 12.8 Å². The molecule has 6 nitrogen and oxygen atoms in total. The van der Waals surface area contributed by atoms with Crippen molar-refractivity contribution in [2.75, 3.05) is 13.2 Å². The lowest BCUT2D eigenvalue weighted by Gasteiger charge is -2.22. The van der Waals surface area contributed by atoms with Crippen LogP contribution in [0.4, 0.5) is 0 Å². The minimum Gasteiger partial charge on any atom is -0.466 e. The number of amides is 1. The van der Waals surface area contributed by atoms with Gasteiger partial charge < -0.3 is 20.3 Å². The fourth-order valence-corrected chi connectivity index (χ4v) is 10.7. The summed E-state index contributed by atoms with van der Waals surface area (Å²) in [6, 6.07) is -0.540. The average molecular weight is 1030 g/mol. The highest BCUT2D eigenvalue weighted by molar-refractivity contribution is 5.76. The molecular formula is C67H131NO5. The third-order valence-electron chi connectivity index (χ3n) is 15.8. The molecule has 0 aliphatic rings.